The van der Waals surface area contributed by atoms with E-state index >= 15 is 0 Å². The Morgan fingerprint density at radius 3 is 2.70 bits per heavy atom. The SMILES string of the molecule is O=C(NCC1CCN(C(=O)Cc2ccc3c(c2)OCO3)CC1)c1ccoc1. The summed E-state index contributed by atoms with van der Waals surface area (Å²) in [5.41, 5.74) is 1.46. The van der Waals surface area contributed by atoms with Gasteiger partial charge in [-0.05, 0) is 42.5 Å². The number of hydrogen-bond donors (Lipinski definition) is 1. The van der Waals surface area contributed by atoms with Gasteiger partial charge in [0.15, 0.2) is 11.5 Å². The molecule has 1 saturated heterocycles. The van der Waals surface area contributed by atoms with Gasteiger partial charge in [-0.1, -0.05) is 6.07 Å². The summed E-state index contributed by atoms with van der Waals surface area (Å²) in [5.74, 6) is 1.81. The second-order valence-corrected chi connectivity index (χ2v) is 6.91. The van der Waals surface area contributed by atoms with Crippen LogP contribution in [0.25, 0.3) is 0 Å². The molecule has 7 heteroatoms. The van der Waals surface area contributed by atoms with Crippen molar-refractivity contribution in [2.45, 2.75) is 19.3 Å². The van der Waals surface area contributed by atoms with E-state index in [-0.39, 0.29) is 18.6 Å². The number of ether oxygens (including phenoxy) is 2. The number of piperidine rings is 1. The molecule has 0 spiro atoms. The molecule has 0 aliphatic carbocycles. The van der Waals surface area contributed by atoms with Gasteiger partial charge in [-0.15, -0.1) is 0 Å². The van der Waals surface area contributed by atoms with Crippen LogP contribution in [0.1, 0.15) is 28.8 Å². The van der Waals surface area contributed by atoms with Crippen LogP contribution >= 0.6 is 0 Å². The van der Waals surface area contributed by atoms with Gasteiger partial charge in [-0.25, -0.2) is 0 Å². The van der Waals surface area contributed by atoms with E-state index in [1.165, 1.54) is 12.5 Å². The largest absolute Gasteiger partial charge is 0.472 e. The van der Waals surface area contributed by atoms with Crippen molar-refractivity contribution < 1.29 is 23.5 Å². The number of amides is 2. The molecule has 2 aliphatic heterocycles. The van der Waals surface area contributed by atoms with E-state index in [2.05, 4.69) is 5.32 Å². The zero-order valence-electron chi connectivity index (χ0n) is 15.0. The minimum Gasteiger partial charge on any atom is -0.472 e. The Hall–Kier alpha value is -2.96. The van der Waals surface area contributed by atoms with Crippen LogP contribution in [-0.4, -0.2) is 43.1 Å². The smallest absolute Gasteiger partial charge is 0.254 e. The highest BCUT2D eigenvalue weighted by molar-refractivity contribution is 5.93. The molecule has 2 aromatic rings. The lowest BCUT2D eigenvalue weighted by Crippen LogP contribution is -2.42. The molecule has 1 aromatic heterocycles. The molecule has 0 bridgehead atoms. The standard InChI is InChI=1S/C20H22N2O5/c23-19(10-15-1-2-17-18(9-15)27-13-26-17)22-6-3-14(4-7-22)11-21-20(24)16-5-8-25-12-16/h1-2,5,8-9,12,14H,3-4,6-7,10-11,13H2,(H,21,24). The normalized spacial score (nSPS) is 16.4. The first-order chi connectivity index (χ1) is 13.2. The number of likely N-dealkylation sites (tertiary alicyclic amines) is 1. The predicted octanol–water partition coefficient (Wildman–Crippen LogP) is 2.22. The van der Waals surface area contributed by atoms with Gasteiger partial charge < -0.3 is 24.1 Å². The number of rotatable bonds is 5. The van der Waals surface area contributed by atoms with Gasteiger partial charge in [0.05, 0.1) is 18.2 Å². The molecule has 0 atom stereocenters. The van der Waals surface area contributed by atoms with Crippen LogP contribution in [-0.2, 0) is 11.2 Å². The van der Waals surface area contributed by atoms with E-state index in [1.807, 2.05) is 23.1 Å². The van der Waals surface area contributed by atoms with Gasteiger partial charge >= 0.3 is 0 Å². The van der Waals surface area contributed by atoms with Crippen LogP contribution in [0.2, 0.25) is 0 Å². The number of carbonyl (C=O) groups excluding carboxylic acids is 2. The zero-order valence-corrected chi connectivity index (χ0v) is 15.0. The summed E-state index contributed by atoms with van der Waals surface area (Å²) in [4.78, 5) is 26.4. The second-order valence-electron chi connectivity index (χ2n) is 6.91. The quantitative estimate of drug-likeness (QED) is 0.873. The Kier molecular flexibility index (Phi) is 5.00. The molecule has 1 fully saturated rings. The Labute approximate surface area is 157 Å². The molecule has 3 heterocycles. The average Bonchev–Trinajstić information content (AvgIpc) is 3.38. The molecule has 7 nitrogen and oxygen atoms in total. The highest BCUT2D eigenvalue weighted by Crippen LogP contribution is 2.32. The fourth-order valence-electron chi connectivity index (χ4n) is 3.46. The zero-order chi connectivity index (χ0) is 18.6. The molecular formula is C20H22N2O5. The average molecular weight is 370 g/mol. The highest BCUT2D eigenvalue weighted by atomic mass is 16.7. The van der Waals surface area contributed by atoms with E-state index in [0.29, 0.717) is 30.2 Å². The van der Waals surface area contributed by atoms with Crippen LogP contribution < -0.4 is 14.8 Å². The maximum absolute atomic E-state index is 12.6. The van der Waals surface area contributed by atoms with E-state index in [0.717, 1.165) is 37.2 Å². The lowest BCUT2D eigenvalue weighted by molar-refractivity contribution is -0.131. The minimum atomic E-state index is -0.120. The maximum atomic E-state index is 12.6. The van der Waals surface area contributed by atoms with Gasteiger partial charge in [0.2, 0.25) is 12.7 Å². The van der Waals surface area contributed by atoms with Crippen molar-refractivity contribution in [3.63, 3.8) is 0 Å². The second kappa shape index (κ2) is 7.73. The molecule has 142 valence electrons. The number of nitrogens with one attached hydrogen (secondary N) is 1. The molecule has 0 saturated carbocycles. The third kappa shape index (κ3) is 4.07. The van der Waals surface area contributed by atoms with E-state index in [1.54, 1.807) is 6.07 Å². The fraction of sp³-hybridized carbons (Fsp3) is 0.400. The van der Waals surface area contributed by atoms with Crippen molar-refractivity contribution in [1.82, 2.24) is 10.2 Å². The summed E-state index contributed by atoms with van der Waals surface area (Å²) in [7, 11) is 0. The molecule has 0 unspecified atom stereocenters. The number of nitrogens with zero attached hydrogens (tertiary/aromatic N) is 1. The number of furan rings is 1. The summed E-state index contributed by atoms with van der Waals surface area (Å²) >= 11 is 0. The molecule has 2 amide bonds. The van der Waals surface area contributed by atoms with Crippen molar-refractivity contribution in [2.75, 3.05) is 26.4 Å². The monoisotopic (exact) mass is 370 g/mol. The Morgan fingerprint density at radius 1 is 1.11 bits per heavy atom. The van der Waals surface area contributed by atoms with Crippen molar-refractivity contribution >= 4 is 11.8 Å². The molecule has 0 radical (unpaired) electrons. The molecule has 1 N–H and O–H groups in total. The van der Waals surface area contributed by atoms with Gasteiger partial charge in [-0.2, -0.15) is 0 Å². The first-order valence-electron chi connectivity index (χ1n) is 9.16. The van der Waals surface area contributed by atoms with Gasteiger partial charge in [-0.3, -0.25) is 9.59 Å². The predicted molar refractivity (Wildman–Crippen MR) is 96.6 cm³/mol. The molecule has 2 aliphatic rings. The molecule has 27 heavy (non-hydrogen) atoms. The van der Waals surface area contributed by atoms with Crippen LogP contribution in [0.4, 0.5) is 0 Å². The highest BCUT2D eigenvalue weighted by Gasteiger charge is 2.24. The first-order valence-corrected chi connectivity index (χ1v) is 9.16. The number of carbonyl (C=O) groups is 2. The molecule has 1 aromatic carbocycles. The van der Waals surface area contributed by atoms with Crippen LogP contribution in [0.15, 0.2) is 41.2 Å². The fourth-order valence-corrected chi connectivity index (χ4v) is 3.46. The van der Waals surface area contributed by atoms with E-state index in [9.17, 15) is 9.59 Å². The maximum Gasteiger partial charge on any atom is 0.254 e. The van der Waals surface area contributed by atoms with Gasteiger partial charge in [0, 0.05) is 19.6 Å². The lowest BCUT2D eigenvalue weighted by atomic mass is 9.96. The molecular weight excluding hydrogens is 348 g/mol. The lowest BCUT2D eigenvalue weighted by Gasteiger charge is -2.32. The number of hydrogen-bond acceptors (Lipinski definition) is 5. The van der Waals surface area contributed by atoms with E-state index in [4.69, 9.17) is 13.9 Å². The topological polar surface area (TPSA) is 81.0 Å². The number of fused-ring (bicyclic) bond motifs is 1. The van der Waals surface area contributed by atoms with Crippen LogP contribution in [0.5, 0.6) is 11.5 Å². The Morgan fingerprint density at radius 2 is 1.93 bits per heavy atom. The van der Waals surface area contributed by atoms with Crippen molar-refractivity contribution in [3.8, 4) is 11.5 Å². The Balaban J connectivity index is 1.23. The third-order valence-electron chi connectivity index (χ3n) is 5.09. The van der Waals surface area contributed by atoms with Gasteiger partial charge in [0.1, 0.15) is 6.26 Å². The summed E-state index contributed by atoms with van der Waals surface area (Å²) in [5, 5.41) is 2.93. The summed E-state index contributed by atoms with van der Waals surface area (Å²) in [6.07, 6.45) is 5.06. The van der Waals surface area contributed by atoms with Crippen molar-refractivity contribution in [1.29, 1.82) is 0 Å². The first kappa shape index (κ1) is 17.5. The van der Waals surface area contributed by atoms with Crippen molar-refractivity contribution in [2.24, 2.45) is 5.92 Å². The van der Waals surface area contributed by atoms with Gasteiger partial charge in [0.25, 0.3) is 5.91 Å². The third-order valence-corrected chi connectivity index (χ3v) is 5.09. The van der Waals surface area contributed by atoms with Crippen molar-refractivity contribution in [3.05, 3.63) is 47.9 Å². The minimum absolute atomic E-state index is 0.120. The molecule has 4 rings (SSSR count). The summed E-state index contributed by atoms with van der Waals surface area (Å²) in [6.45, 7) is 2.29. The number of benzene rings is 1. The summed E-state index contributed by atoms with van der Waals surface area (Å²) in [6, 6.07) is 7.27. The summed E-state index contributed by atoms with van der Waals surface area (Å²) < 4.78 is 15.6. The Bertz CT molecular complexity index is 810. The van der Waals surface area contributed by atoms with Crippen LogP contribution in [0, 0.1) is 5.92 Å². The van der Waals surface area contributed by atoms with Crippen LogP contribution in [0.3, 0.4) is 0 Å². The van der Waals surface area contributed by atoms with E-state index < -0.39 is 0 Å².